The van der Waals surface area contributed by atoms with Crippen molar-refractivity contribution in [2.24, 2.45) is 17.3 Å². The number of carbonyl (C=O) groups excluding carboxylic acids is 2. The largest absolute Gasteiger partial charge is 0.457 e. The van der Waals surface area contributed by atoms with Gasteiger partial charge in [0.15, 0.2) is 5.58 Å². The van der Waals surface area contributed by atoms with Crippen molar-refractivity contribution in [2.75, 3.05) is 0 Å². The van der Waals surface area contributed by atoms with E-state index in [0.29, 0.717) is 35.9 Å². The fraction of sp³-hybridized carbons (Fsp3) is 0.581. The van der Waals surface area contributed by atoms with Crippen LogP contribution in [0.2, 0.25) is 0 Å². The molecule has 0 spiro atoms. The molecule has 5 atom stereocenters. The third-order valence-corrected chi connectivity index (χ3v) is 7.91. The lowest BCUT2D eigenvalue weighted by molar-refractivity contribution is -0.156. The third kappa shape index (κ3) is 7.57. The quantitative estimate of drug-likeness (QED) is 0.287. The second-order valence-electron chi connectivity index (χ2n) is 11.3. The summed E-state index contributed by atoms with van der Waals surface area (Å²) in [6.45, 7) is 6.82. The van der Waals surface area contributed by atoms with E-state index in [1.54, 1.807) is 32.0 Å². The van der Waals surface area contributed by atoms with Crippen LogP contribution in [0.4, 0.5) is 0 Å². The molecule has 3 rings (SSSR count). The van der Waals surface area contributed by atoms with Gasteiger partial charge in [-0.25, -0.2) is 4.98 Å². The predicted molar refractivity (Wildman–Crippen MR) is 147 cm³/mol. The predicted octanol–water partition coefficient (Wildman–Crippen LogP) is 4.80. The van der Waals surface area contributed by atoms with E-state index in [1.165, 1.54) is 0 Å². The number of aliphatic hydroxyl groups is 3. The molecule has 8 heteroatoms. The summed E-state index contributed by atoms with van der Waals surface area (Å²) in [5.41, 5.74) is 1.58. The summed E-state index contributed by atoms with van der Waals surface area (Å²) >= 11 is 0. The highest BCUT2D eigenvalue weighted by atomic mass is 16.5. The van der Waals surface area contributed by atoms with Gasteiger partial charge < -0.3 is 24.5 Å². The third-order valence-electron chi connectivity index (χ3n) is 7.91. The number of carbonyl (C=O) groups is 2. The normalized spacial score (nSPS) is 28.9. The molecule has 212 valence electrons. The maximum atomic E-state index is 13.6. The van der Waals surface area contributed by atoms with E-state index in [9.17, 15) is 24.9 Å². The van der Waals surface area contributed by atoms with Crippen molar-refractivity contribution in [3.05, 3.63) is 41.3 Å². The molecule has 1 aromatic carbocycles. The fourth-order valence-corrected chi connectivity index (χ4v) is 5.15. The number of rotatable bonds is 4. The van der Waals surface area contributed by atoms with E-state index in [-0.39, 0.29) is 30.6 Å². The number of aromatic nitrogens is 1. The van der Waals surface area contributed by atoms with Gasteiger partial charge in [0, 0.05) is 18.8 Å². The van der Waals surface area contributed by atoms with Crippen LogP contribution in [-0.4, -0.2) is 44.3 Å². The number of benzene rings is 1. The zero-order valence-electron chi connectivity index (χ0n) is 23.4. The van der Waals surface area contributed by atoms with Gasteiger partial charge in [0.05, 0.1) is 24.0 Å². The Kier molecular flexibility index (Phi) is 10.5. The summed E-state index contributed by atoms with van der Waals surface area (Å²) in [6, 6.07) is 5.28. The van der Waals surface area contributed by atoms with E-state index >= 15 is 0 Å². The van der Waals surface area contributed by atoms with E-state index < -0.39 is 35.6 Å². The molecule has 39 heavy (non-hydrogen) atoms. The first-order chi connectivity index (χ1) is 18.5. The maximum absolute atomic E-state index is 13.6. The lowest BCUT2D eigenvalue weighted by Crippen LogP contribution is -2.46. The summed E-state index contributed by atoms with van der Waals surface area (Å²) < 4.78 is 11.3. The Morgan fingerprint density at radius 1 is 1.23 bits per heavy atom. The Morgan fingerprint density at radius 3 is 2.67 bits per heavy atom. The van der Waals surface area contributed by atoms with E-state index in [4.69, 9.17) is 15.6 Å². The number of terminal acetylenes is 1. The number of fused-ring (bicyclic) bond motifs is 1. The second-order valence-corrected chi connectivity index (χ2v) is 11.3. The summed E-state index contributed by atoms with van der Waals surface area (Å²) in [6.07, 6.45) is 7.66. The van der Waals surface area contributed by atoms with E-state index in [2.05, 4.69) is 10.9 Å². The fourth-order valence-electron chi connectivity index (χ4n) is 5.15. The smallest absolute Gasteiger partial charge is 0.309 e. The Morgan fingerprint density at radius 2 is 1.97 bits per heavy atom. The highest BCUT2D eigenvalue weighted by Crippen LogP contribution is 2.35. The zero-order valence-corrected chi connectivity index (χ0v) is 23.4. The lowest BCUT2D eigenvalue weighted by Gasteiger charge is -2.36. The molecule has 0 saturated carbocycles. The van der Waals surface area contributed by atoms with Gasteiger partial charge >= 0.3 is 5.97 Å². The Labute approximate surface area is 230 Å². The van der Waals surface area contributed by atoms with Gasteiger partial charge in [-0.3, -0.25) is 9.59 Å². The van der Waals surface area contributed by atoms with Crippen LogP contribution in [-0.2, 0) is 20.9 Å². The van der Waals surface area contributed by atoms with Crippen molar-refractivity contribution in [2.45, 2.75) is 97.6 Å². The van der Waals surface area contributed by atoms with Gasteiger partial charge in [-0.05, 0) is 56.2 Å². The van der Waals surface area contributed by atoms with Crippen LogP contribution in [0, 0.1) is 29.6 Å². The molecule has 0 bridgehead atoms. The Bertz CT molecular complexity index is 1220. The highest BCUT2D eigenvalue weighted by molar-refractivity contribution is 5.88. The van der Waals surface area contributed by atoms with Crippen LogP contribution in [0.3, 0.4) is 0 Å². The van der Waals surface area contributed by atoms with Gasteiger partial charge in [0.2, 0.25) is 5.89 Å². The first kappa shape index (κ1) is 30.6. The highest BCUT2D eigenvalue weighted by Gasteiger charge is 2.43. The molecule has 0 aliphatic carbocycles. The maximum Gasteiger partial charge on any atom is 0.309 e. The summed E-state index contributed by atoms with van der Waals surface area (Å²) in [5, 5.41) is 31.5. The first-order valence-electron chi connectivity index (χ1n) is 13.7. The average Bonchev–Trinajstić information content (AvgIpc) is 3.32. The van der Waals surface area contributed by atoms with Gasteiger partial charge in [0.1, 0.15) is 24.0 Å². The number of ketones is 1. The molecule has 0 fully saturated rings. The molecule has 1 aliphatic rings. The molecule has 1 aliphatic heterocycles. The SMILES string of the molecule is C#CCC[C@H]1C(=O)C(C)(C)[C@@H](O)CC(=O)O[C@H](c2ccc3oc(CO)nc3c2)C/C=C(/C)CCC[C@H](C)[C@@H]1O. The Balaban J connectivity index is 1.93. The number of ether oxygens (including phenoxy) is 1. The van der Waals surface area contributed by atoms with E-state index in [0.717, 1.165) is 24.8 Å². The molecule has 2 aromatic rings. The lowest BCUT2D eigenvalue weighted by atomic mass is 9.71. The number of esters is 1. The molecule has 8 nitrogen and oxygen atoms in total. The molecular formula is C31H41NO7. The van der Waals surface area contributed by atoms with Crippen LogP contribution in [0.5, 0.6) is 0 Å². The number of nitrogens with zero attached hydrogens (tertiary/aromatic N) is 1. The summed E-state index contributed by atoms with van der Waals surface area (Å²) in [7, 11) is 0. The number of Topliss-reactive ketones (excluding diaryl/α,β-unsaturated/α-hetero) is 1. The molecule has 0 amide bonds. The van der Waals surface area contributed by atoms with Crippen LogP contribution >= 0.6 is 0 Å². The standard InChI is InChI=1S/C31H41NO7/c1-6-7-11-22-29(36)20(3)10-8-9-19(2)12-14-24(39-28(35)17-26(34)31(4,5)30(22)37)21-13-15-25-23(16-21)32-27(18-33)38-25/h1,12-13,15-16,20,22,24,26,29,33-34,36H,7-11,14,17-18H2,2-5H3/b19-12-/t20-,22+,24-,26-,29-/m0/s1. The van der Waals surface area contributed by atoms with Gasteiger partial charge in [-0.2, -0.15) is 0 Å². The van der Waals surface area contributed by atoms with Crippen molar-refractivity contribution >= 4 is 22.9 Å². The molecule has 2 heterocycles. The van der Waals surface area contributed by atoms with Gasteiger partial charge in [0.25, 0.3) is 0 Å². The van der Waals surface area contributed by atoms with Crippen molar-refractivity contribution in [1.29, 1.82) is 0 Å². The van der Waals surface area contributed by atoms with Crippen molar-refractivity contribution in [3.63, 3.8) is 0 Å². The number of oxazole rings is 1. The minimum atomic E-state index is -1.32. The topological polar surface area (TPSA) is 130 Å². The molecule has 0 radical (unpaired) electrons. The van der Waals surface area contributed by atoms with Crippen LogP contribution in [0.1, 0.15) is 90.2 Å². The zero-order chi connectivity index (χ0) is 28.7. The van der Waals surface area contributed by atoms with Crippen molar-refractivity contribution < 1.29 is 34.1 Å². The minimum Gasteiger partial charge on any atom is -0.457 e. The number of hydrogen-bond acceptors (Lipinski definition) is 8. The average molecular weight is 540 g/mol. The number of allylic oxidation sites excluding steroid dienone is 1. The van der Waals surface area contributed by atoms with Crippen molar-refractivity contribution in [3.8, 4) is 12.3 Å². The van der Waals surface area contributed by atoms with Gasteiger partial charge in [-0.15, -0.1) is 12.3 Å². The molecule has 0 unspecified atom stereocenters. The van der Waals surface area contributed by atoms with Gasteiger partial charge in [-0.1, -0.05) is 38.5 Å². The number of hydrogen-bond donors (Lipinski definition) is 3. The molecular weight excluding hydrogens is 498 g/mol. The number of aliphatic hydroxyl groups excluding tert-OH is 3. The van der Waals surface area contributed by atoms with Crippen LogP contribution < -0.4 is 0 Å². The molecule has 3 N–H and O–H groups in total. The molecule has 0 saturated heterocycles. The van der Waals surface area contributed by atoms with Crippen LogP contribution in [0.15, 0.2) is 34.3 Å². The number of cyclic esters (lactones) is 1. The minimum absolute atomic E-state index is 0.138. The second kappa shape index (κ2) is 13.4. The Hall–Kier alpha value is -2.99. The monoisotopic (exact) mass is 539 g/mol. The summed E-state index contributed by atoms with van der Waals surface area (Å²) in [5.74, 6) is 0.910. The summed E-state index contributed by atoms with van der Waals surface area (Å²) in [4.78, 5) is 31.0. The first-order valence-corrected chi connectivity index (χ1v) is 13.7. The molecule has 1 aromatic heterocycles. The van der Waals surface area contributed by atoms with Crippen LogP contribution in [0.25, 0.3) is 11.1 Å². The van der Waals surface area contributed by atoms with E-state index in [1.807, 2.05) is 19.9 Å². The van der Waals surface area contributed by atoms with Crippen molar-refractivity contribution in [1.82, 2.24) is 4.98 Å².